The number of nitrogens with zero attached hydrogens (tertiary/aromatic N) is 3. The Morgan fingerprint density at radius 3 is 2.79 bits per heavy atom. The molecule has 0 unspecified atom stereocenters. The maximum atomic E-state index is 11.0. The van der Waals surface area contributed by atoms with E-state index in [2.05, 4.69) is 4.98 Å². The van der Waals surface area contributed by atoms with Gasteiger partial charge in [-0.2, -0.15) is 0 Å². The standard InChI is InChI=1S/C12H16ClN3O3/c1-19-8-9-4-6-15(7-5-9)12-10(16(17)18)2-3-11(13)14-12/h2-3,9H,4-8H2,1H3. The molecular weight excluding hydrogens is 270 g/mol. The minimum absolute atomic E-state index is 0.00888. The number of halogens is 1. The van der Waals surface area contributed by atoms with Crippen LogP contribution in [-0.2, 0) is 4.74 Å². The summed E-state index contributed by atoms with van der Waals surface area (Å²) in [5.74, 6) is 0.882. The molecule has 1 fully saturated rings. The third-order valence-corrected chi connectivity index (χ3v) is 3.54. The van der Waals surface area contributed by atoms with Crippen LogP contribution in [0.3, 0.4) is 0 Å². The molecule has 1 aromatic rings. The predicted octanol–water partition coefficient (Wildman–Crippen LogP) is 2.51. The molecule has 0 N–H and O–H groups in total. The number of ether oxygens (including phenoxy) is 1. The van der Waals surface area contributed by atoms with Crippen molar-refractivity contribution in [2.24, 2.45) is 5.92 Å². The number of anilines is 1. The average molecular weight is 286 g/mol. The van der Waals surface area contributed by atoms with Gasteiger partial charge in [0.05, 0.1) is 4.92 Å². The van der Waals surface area contributed by atoms with Gasteiger partial charge in [-0.05, 0) is 24.8 Å². The van der Waals surface area contributed by atoms with Crippen LogP contribution in [0.4, 0.5) is 11.5 Å². The summed E-state index contributed by atoms with van der Waals surface area (Å²) in [7, 11) is 1.69. The highest BCUT2D eigenvalue weighted by Crippen LogP contribution is 2.30. The molecule has 2 rings (SSSR count). The van der Waals surface area contributed by atoms with Gasteiger partial charge in [0.1, 0.15) is 5.15 Å². The quantitative estimate of drug-likeness (QED) is 0.483. The molecule has 0 spiro atoms. The fourth-order valence-electron chi connectivity index (χ4n) is 2.34. The molecule has 1 aromatic heterocycles. The normalized spacial score (nSPS) is 16.6. The Morgan fingerprint density at radius 2 is 2.21 bits per heavy atom. The number of hydrogen-bond donors (Lipinski definition) is 0. The van der Waals surface area contributed by atoms with Crippen molar-refractivity contribution in [2.45, 2.75) is 12.8 Å². The topological polar surface area (TPSA) is 68.5 Å². The van der Waals surface area contributed by atoms with E-state index < -0.39 is 4.92 Å². The van der Waals surface area contributed by atoms with Gasteiger partial charge in [0, 0.05) is 32.9 Å². The van der Waals surface area contributed by atoms with E-state index in [-0.39, 0.29) is 10.8 Å². The lowest BCUT2D eigenvalue weighted by Gasteiger charge is -2.32. The Hall–Kier alpha value is -1.40. The number of pyridine rings is 1. The number of nitro groups is 1. The first kappa shape index (κ1) is 14.0. The van der Waals surface area contributed by atoms with Gasteiger partial charge in [0.25, 0.3) is 0 Å². The zero-order valence-electron chi connectivity index (χ0n) is 10.7. The SMILES string of the molecule is COCC1CCN(c2nc(Cl)ccc2[N+](=O)[O-])CC1. The van der Waals surface area contributed by atoms with E-state index in [0.29, 0.717) is 11.7 Å². The molecule has 104 valence electrons. The number of aromatic nitrogens is 1. The second-order valence-electron chi connectivity index (χ2n) is 4.62. The first-order chi connectivity index (χ1) is 9.11. The average Bonchev–Trinajstić information content (AvgIpc) is 2.39. The highest BCUT2D eigenvalue weighted by molar-refractivity contribution is 6.29. The highest BCUT2D eigenvalue weighted by atomic mass is 35.5. The van der Waals surface area contributed by atoms with Crippen molar-refractivity contribution in [3.8, 4) is 0 Å². The van der Waals surface area contributed by atoms with Crippen molar-refractivity contribution in [1.82, 2.24) is 4.98 Å². The molecule has 0 aliphatic carbocycles. The Bertz CT molecular complexity index is 462. The van der Waals surface area contributed by atoms with E-state index in [1.54, 1.807) is 7.11 Å². The van der Waals surface area contributed by atoms with Gasteiger partial charge in [-0.1, -0.05) is 11.6 Å². The van der Waals surface area contributed by atoms with Crippen molar-refractivity contribution in [3.05, 3.63) is 27.4 Å². The first-order valence-corrected chi connectivity index (χ1v) is 6.54. The summed E-state index contributed by atoms with van der Waals surface area (Å²) in [5, 5.41) is 11.3. The summed E-state index contributed by atoms with van der Waals surface area (Å²) < 4.78 is 5.14. The van der Waals surface area contributed by atoms with E-state index in [0.717, 1.165) is 32.5 Å². The van der Waals surface area contributed by atoms with E-state index in [9.17, 15) is 10.1 Å². The van der Waals surface area contributed by atoms with E-state index in [1.807, 2.05) is 4.90 Å². The van der Waals surface area contributed by atoms with Gasteiger partial charge in [-0.3, -0.25) is 10.1 Å². The molecule has 7 heteroatoms. The number of piperidine rings is 1. The molecule has 19 heavy (non-hydrogen) atoms. The summed E-state index contributed by atoms with van der Waals surface area (Å²) in [4.78, 5) is 16.6. The molecule has 0 amide bonds. The molecule has 1 saturated heterocycles. The van der Waals surface area contributed by atoms with Gasteiger partial charge < -0.3 is 9.64 Å². The zero-order valence-corrected chi connectivity index (χ0v) is 11.5. The van der Waals surface area contributed by atoms with E-state index in [1.165, 1.54) is 12.1 Å². The maximum Gasteiger partial charge on any atom is 0.311 e. The van der Waals surface area contributed by atoms with Crippen LogP contribution in [0.15, 0.2) is 12.1 Å². The Labute approximate surface area is 116 Å². The van der Waals surface area contributed by atoms with Gasteiger partial charge >= 0.3 is 5.69 Å². The van der Waals surface area contributed by atoms with Crippen LogP contribution >= 0.6 is 11.6 Å². The van der Waals surface area contributed by atoms with Crippen LogP contribution in [-0.4, -0.2) is 36.7 Å². The third-order valence-electron chi connectivity index (χ3n) is 3.33. The van der Waals surface area contributed by atoms with Crippen LogP contribution in [0.1, 0.15) is 12.8 Å². The van der Waals surface area contributed by atoms with Crippen molar-refractivity contribution in [3.63, 3.8) is 0 Å². The van der Waals surface area contributed by atoms with E-state index >= 15 is 0 Å². The van der Waals surface area contributed by atoms with Crippen molar-refractivity contribution in [2.75, 3.05) is 31.7 Å². The Balaban J connectivity index is 2.14. The predicted molar refractivity (Wildman–Crippen MR) is 72.7 cm³/mol. The second-order valence-corrected chi connectivity index (χ2v) is 5.01. The fraction of sp³-hybridized carbons (Fsp3) is 0.583. The molecule has 0 bridgehead atoms. The lowest BCUT2D eigenvalue weighted by Crippen LogP contribution is -2.35. The van der Waals surface area contributed by atoms with Crippen LogP contribution in [0.5, 0.6) is 0 Å². The van der Waals surface area contributed by atoms with Crippen LogP contribution < -0.4 is 4.90 Å². The van der Waals surface area contributed by atoms with Crippen molar-refractivity contribution < 1.29 is 9.66 Å². The van der Waals surface area contributed by atoms with Crippen molar-refractivity contribution in [1.29, 1.82) is 0 Å². The van der Waals surface area contributed by atoms with Crippen LogP contribution in [0.2, 0.25) is 5.15 Å². The minimum Gasteiger partial charge on any atom is -0.384 e. The monoisotopic (exact) mass is 285 g/mol. The summed E-state index contributed by atoms with van der Waals surface area (Å²) in [6, 6.07) is 2.85. The van der Waals surface area contributed by atoms with Gasteiger partial charge in [0.2, 0.25) is 5.82 Å². The van der Waals surface area contributed by atoms with Gasteiger partial charge in [0.15, 0.2) is 0 Å². The van der Waals surface area contributed by atoms with Gasteiger partial charge in [-0.25, -0.2) is 4.98 Å². The maximum absolute atomic E-state index is 11.0. The number of hydrogen-bond acceptors (Lipinski definition) is 5. The Kier molecular flexibility index (Phi) is 4.55. The molecule has 6 nitrogen and oxygen atoms in total. The molecule has 0 atom stereocenters. The zero-order chi connectivity index (χ0) is 13.8. The smallest absolute Gasteiger partial charge is 0.311 e. The lowest BCUT2D eigenvalue weighted by atomic mass is 9.98. The van der Waals surface area contributed by atoms with Crippen LogP contribution in [0.25, 0.3) is 0 Å². The first-order valence-electron chi connectivity index (χ1n) is 6.16. The summed E-state index contributed by atoms with van der Waals surface area (Å²) in [6.07, 6.45) is 1.89. The molecule has 0 aromatic carbocycles. The molecule has 1 aliphatic heterocycles. The minimum atomic E-state index is -0.417. The van der Waals surface area contributed by atoms with Crippen LogP contribution in [0, 0.1) is 16.0 Å². The summed E-state index contributed by atoms with van der Waals surface area (Å²) in [6.45, 7) is 2.21. The summed E-state index contributed by atoms with van der Waals surface area (Å²) in [5.41, 5.74) is 0.00888. The third kappa shape index (κ3) is 3.33. The molecular formula is C12H16ClN3O3. The number of methoxy groups -OCH3 is 1. The molecule has 1 aliphatic rings. The highest BCUT2D eigenvalue weighted by Gasteiger charge is 2.26. The second kappa shape index (κ2) is 6.16. The van der Waals surface area contributed by atoms with Gasteiger partial charge in [-0.15, -0.1) is 0 Å². The molecule has 2 heterocycles. The van der Waals surface area contributed by atoms with E-state index in [4.69, 9.17) is 16.3 Å². The molecule has 0 radical (unpaired) electrons. The largest absolute Gasteiger partial charge is 0.384 e. The lowest BCUT2D eigenvalue weighted by molar-refractivity contribution is -0.384. The number of rotatable bonds is 4. The fourth-order valence-corrected chi connectivity index (χ4v) is 2.48. The summed E-state index contributed by atoms with van der Waals surface area (Å²) >= 11 is 5.84. The molecule has 0 saturated carbocycles. The van der Waals surface area contributed by atoms with Crippen molar-refractivity contribution >= 4 is 23.1 Å². The Morgan fingerprint density at radius 1 is 1.53 bits per heavy atom.